The fourth-order valence-corrected chi connectivity index (χ4v) is 3.82. The van der Waals surface area contributed by atoms with Crippen molar-refractivity contribution in [1.29, 1.82) is 0 Å². The number of halogens is 3. The smallest absolute Gasteiger partial charge is 0.386 e. The molecule has 0 heterocycles. The Bertz CT molecular complexity index is 1400. The Balaban J connectivity index is 1.51. The molecule has 4 amide bonds. The van der Waals surface area contributed by atoms with E-state index in [0.29, 0.717) is 11.3 Å². The van der Waals surface area contributed by atoms with Gasteiger partial charge in [0.2, 0.25) is 11.8 Å². The molecule has 0 aliphatic carbocycles. The van der Waals surface area contributed by atoms with Gasteiger partial charge in [-0.1, -0.05) is 72.8 Å². The SMILES string of the molecule is O=C(CCCNC(=O)Nc1ccccc1)NCC(=O)NC(CC(=O)OC(=O)C(F)(F)F)c1ccc(-c2ccccc2)cc1. The third-order valence-electron chi connectivity index (χ3n) is 5.91. The average Bonchev–Trinajstić information content (AvgIpc) is 2.98. The maximum atomic E-state index is 12.6. The Hall–Kier alpha value is -5.20. The number of alkyl halides is 3. The number of nitrogens with one attached hydrogen (secondary N) is 4. The van der Waals surface area contributed by atoms with E-state index in [2.05, 4.69) is 26.0 Å². The standard InChI is InChI=1S/C30H29F3N4O6/c31-30(32,33)28(41)43-27(40)18-24(22-15-13-21(14-16-22)20-8-3-1-4-9-20)37-26(39)19-35-25(38)12-7-17-34-29(42)36-23-10-5-2-6-11-23/h1-6,8-11,13-16,24H,7,12,17-19H2,(H,35,38)(H,37,39)(H2,34,36,42). The van der Waals surface area contributed by atoms with Crippen molar-refractivity contribution in [3.63, 3.8) is 0 Å². The van der Waals surface area contributed by atoms with Crippen molar-refractivity contribution < 1.29 is 41.9 Å². The summed E-state index contributed by atoms with van der Waals surface area (Å²) in [4.78, 5) is 59.8. The molecule has 3 rings (SSSR count). The molecule has 10 nitrogen and oxygen atoms in total. The Kier molecular flexibility index (Phi) is 11.8. The molecule has 226 valence electrons. The lowest BCUT2D eigenvalue weighted by atomic mass is 9.99. The first kappa shape index (κ1) is 32.3. The lowest BCUT2D eigenvalue weighted by Gasteiger charge is -2.19. The van der Waals surface area contributed by atoms with Crippen molar-refractivity contribution >= 4 is 35.5 Å². The van der Waals surface area contributed by atoms with Gasteiger partial charge in [-0.15, -0.1) is 0 Å². The zero-order valence-corrected chi connectivity index (χ0v) is 22.8. The number of amides is 4. The molecular weight excluding hydrogens is 569 g/mol. The van der Waals surface area contributed by atoms with E-state index >= 15 is 0 Å². The van der Waals surface area contributed by atoms with E-state index in [4.69, 9.17) is 0 Å². The molecule has 0 aromatic heterocycles. The van der Waals surface area contributed by atoms with E-state index in [1.807, 2.05) is 30.3 Å². The lowest BCUT2D eigenvalue weighted by molar-refractivity contribution is -0.202. The van der Waals surface area contributed by atoms with Crippen LogP contribution in [0.3, 0.4) is 0 Å². The van der Waals surface area contributed by atoms with E-state index in [0.717, 1.165) is 11.1 Å². The van der Waals surface area contributed by atoms with Crippen molar-refractivity contribution in [2.24, 2.45) is 0 Å². The third kappa shape index (κ3) is 11.3. The quantitative estimate of drug-likeness (QED) is 0.140. The van der Waals surface area contributed by atoms with Crippen LogP contribution in [0.5, 0.6) is 0 Å². The van der Waals surface area contributed by atoms with Gasteiger partial charge in [-0.2, -0.15) is 13.2 Å². The fourth-order valence-electron chi connectivity index (χ4n) is 3.82. The first-order chi connectivity index (χ1) is 20.5. The predicted octanol–water partition coefficient (Wildman–Crippen LogP) is 4.25. The van der Waals surface area contributed by atoms with Gasteiger partial charge in [-0.3, -0.25) is 14.4 Å². The van der Waals surface area contributed by atoms with Crippen LogP contribution in [-0.4, -0.2) is 49.0 Å². The van der Waals surface area contributed by atoms with E-state index in [-0.39, 0.29) is 19.4 Å². The number of para-hydroxylation sites is 1. The van der Waals surface area contributed by atoms with Gasteiger partial charge < -0.3 is 26.0 Å². The summed E-state index contributed by atoms with van der Waals surface area (Å²) < 4.78 is 41.5. The van der Waals surface area contributed by atoms with E-state index in [1.54, 1.807) is 54.6 Å². The summed E-state index contributed by atoms with van der Waals surface area (Å²) in [6.45, 7) is -0.298. The van der Waals surface area contributed by atoms with Crippen molar-refractivity contribution in [1.82, 2.24) is 16.0 Å². The molecule has 0 saturated heterocycles. The van der Waals surface area contributed by atoms with Crippen LogP contribution < -0.4 is 21.3 Å². The summed E-state index contributed by atoms with van der Waals surface area (Å²) >= 11 is 0. The van der Waals surface area contributed by atoms with Gasteiger partial charge >= 0.3 is 24.1 Å². The van der Waals surface area contributed by atoms with Crippen LogP contribution in [-0.2, 0) is 23.9 Å². The zero-order valence-electron chi connectivity index (χ0n) is 22.8. The van der Waals surface area contributed by atoms with Crippen molar-refractivity contribution in [2.45, 2.75) is 31.5 Å². The normalized spacial score (nSPS) is 11.5. The third-order valence-corrected chi connectivity index (χ3v) is 5.91. The molecule has 4 N–H and O–H groups in total. The van der Waals surface area contributed by atoms with E-state index < -0.39 is 55.0 Å². The fraction of sp³-hybridized carbons (Fsp3) is 0.233. The predicted molar refractivity (Wildman–Crippen MR) is 150 cm³/mol. The number of anilines is 1. The van der Waals surface area contributed by atoms with Gasteiger partial charge in [0.25, 0.3) is 0 Å². The summed E-state index contributed by atoms with van der Waals surface area (Å²) in [5.74, 6) is -5.38. The van der Waals surface area contributed by atoms with E-state index in [1.165, 1.54) is 0 Å². The minimum absolute atomic E-state index is 0.00481. The maximum absolute atomic E-state index is 12.6. The summed E-state index contributed by atoms with van der Waals surface area (Å²) in [5, 5.41) is 10.1. The highest BCUT2D eigenvalue weighted by molar-refractivity contribution is 5.90. The molecule has 3 aromatic carbocycles. The number of urea groups is 1. The molecule has 1 unspecified atom stereocenters. The number of carbonyl (C=O) groups is 5. The first-order valence-electron chi connectivity index (χ1n) is 13.1. The number of esters is 2. The van der Waals surface area contributed by atoms with Crippen LogP contribution in [0.15, 0.2) is 84.9 Å². The summed E-state index contributed by atoms with van der Waals surface area (Å²) in [5.41, 5.74) is 2.66. The Morgan fingerprint density at radius 2 is 1.35 bits per heavy atom. The average molecular weight is 599 g/mol. The number of benzene rings is 3. The van der Waals surface area contributed by atoms with Crippen LogP contribution in [0.25, 0.3) is 11.1 Å². The zero-order chi connectivity index (χ0) is 31.2. The molecule has 43 heavy (non-hydrogen) atoms. The molecule has 0 aliphatic rings. The molecule has 1 atom stereocenters. The van der Waals surface area contributed by atoms with Gasteiger partial charge in [-0.05, 0) is 35.2 Å². The van der Waals surface area contributed by atoms with Crippen LogP contribution in [0.4, 0.5) is 23.7 Å². The monoisotopic (exact) mass is 598 g/mol. The van der Waals surface area contributed by atoms with Crippen LogP contribution in [0.2, 0.25) is 0 Å². The topological polar surface area (TPSA) is 143 Å². The lowest BCUT2D eigenvalue weighted by Crippen LogP contribution is -2.40. The minimum Gasteiger partial charge on any atom is -0.386 e. The number of hydrogen-bond donors (Lipinski definition) is 4. The molecule has 0 saturated carbocycles. The van der Waals surface area contributed by atoms with Gasteiger partial charge in [0.05, 0.1) is 19.0 Å². The molecule has 0 radical (unpaired) electrons. The van der Waals surface area contributed by atoms with Crippen molar-refractivity contribution in [2.75, 3.05) is 18.4 Å². The second kappa shape index (κ2) is 15.7. The highest BCUT2D eigenvalue weighted by Gasteiger charge is 2.42. The molecule has 0 aliphatic heterocycles. The highest BCUT2D eigenvalue weighted by Crippen LogP contribution is 2.24. The number of ether oxygens (including phenoxy) is 1. The Labute approximate surface area is 245 Å². The van der Waals surface area contributed by atoms with Gasteiger partial charge in [0, 0.05) is 18.7 Å². The molecule has 3 aromatic rings. The van der Waals surface area contributed by atoms with Gasteiger partial charge in [-0.25, -0.2) is 9.59 Å². The minimum atomic E-state index is -5.36. The largest absolute Gasteiger partial charge is 0.491 e. The van der Waals surface area contributed by atoms with Crippen molar-refractivity contribution in [3.05, 3.63) is 90.5 Å². The number of rotatable bonds is 12. The Morgan fingerprint density at radius 3 is 1.98 bits per heavy atom. The summed E-state index contributed by atoms with van der Waals surface area (Å²) in [7, 11) is 0. The second-order valence-electron chi connectivity index (χ2n) is 9.20. The first-order valence-corrected chi connectivity index (χ1v) is 13.1. The van der Waals surface area contributed by atoms with Crippen LogP contribution in [0.1, 0.15) is 30.9 Å². The number of carbonyl (C=O) groups excluding carboxylic acids is 5. The number of hydrogen-bond acceptors (Lipinski definition) is 6. The van der Waals surface area contributed by atoms with Gasteiger partial charge in [0.15, 0.2) is 0 Å². The van der Waals surface area contributed by atoms with Crippen LogP contribution in [0, 0.1) is 0 Å². The molecule has 13 heteroatoms. The van der Waals surface area contributed by atoms with E-state index in [9.17, 15) is 37.1 Å². The maximum Gasteiger partial charge on any atom is 0.491 e. The molecule has 0 spiro atoms. The summed E-state index contributed by atoms with van der Waals surface area (Å²) in [6, 6.07) is 23.0. The van der Waals surface area contributed by atoms with Crippen molar-refractivity contribution in [3.8, 4) is 11.1 Å². The highest BCUT2D eigenvalue weighted by atomic mass is 19.4. The Morgan fingerprint density at radius 1 is 0.744 bits per heavy atom. The molecule has 0 bridgehead atoms. The molecular formula is C30H29F3N4O6. The molecule has 0 fully saturated rings. The second-order valence-corrected chi connectivity index (χ2v) is 9.20. The summed E-state index contributed by atoms with van der Waals surface area (Å²) in [6.07, 6.45) is -5.86. The van der Waals surface area contributed by atoms with Gasteiger partial charge in [0.1, 0.15) is 0 Å². The van der Waals surface area contributed by atoms with Crippen LogP contribution >= 0.6 is 0 Å².